The molecule has 0 N–H and O–H groups in total. The van der Waals surface area contributed by atoms with Gasteiger partial charge in [0.2, 0.25) is 0 Å². The fourth-order valence-electron chi connectivity index (χ4n) is 23.8. The first-order valence-electron chi connectivity index (χ1n) is 49.5. The lowest BCUT2D eigenvalue weighted by Crippen LogP contribution is -2.14. The van der Waals surface area contributed by atoms with Crippen molar-refractivity contribution in [2.75, 3.05) is 0 Å². The van der Waals surface area contributed by atoms with Crippen LogP contribution < -0.4 is 0 Å². The van der Waals surface area contributed by atoms with Crippen molar-refractivity contribution in [3.05, 3.63) is 448 Å². The highest BCUT2D eigenvalue weighted by molar-refractivity contribution is 7.26. The Hall–Kier alpha value is -18.1. The molecular weight excluding hydrogens is 1830 g/mol. The first-order chi connectivity index (χ1) is 72.1. The number of para-hydroxylation sites is 8. The van der Waals surface area contributed by atoms with E-state index in [0.29, 0.717) is 0 Å². The van der Waals surface area contributed by atoms with Crippen molar-refractivity contribution in [1.29, 1.82) is 0 Å². The van der Waals surface area contributed by atoms with Crippen LogP contribution in [-0.4, -0.2) is 29.9 Å². The summed E-state index contributed by atoms with van der Waals surface area (Å²) in [7, 11) is 0. The molecule has 0 aliphatic heterocycles. The average molecular weight is 1910 g/mol. The van der Waals surface area contributed by atoms with Gasteiger partial charge >= 0.3 is 0 Å². The predicted molar refractivity (Wildman–Crippen MR) is 620 cm³/mol. The van der Waals surface area contributed by atoms with E-state index in [0.717, 1.165) is 155 Å². The molecule has 1 aliphatic carbocycles. The summed E-state index contributed by atoms with van der Waals surface area (Å²) in [5, 5.41) is 34.7. The van der Waals surface area contributed by atoms with E-state index in [-0.39, 0.29) is 5.41 Å². The summed E-state index contributed by atoms with van der Waals surface area (Å²) in [6.07, 6.45) is 0. The molecule has 0 atom stereocenters. The number of benzene rings is 24. The molecule has 678 valence electrons. The molecule has 0 spiro atoms. The smallest absolute Gasteiger partial charge is 0.143 e. The minimum absolute atomic E-state index is 0.0315. The fraction of sp³-hybridized carbons (Fsp3) is 0.0222. The van der Waals surface area contributed by atoms with Gasteiger partial charge in [-0.3, -0.25) is 0 Å². The van der Waals surface area contributed by atoms with Gasteiger partial charge in [0.05, 0.1) is 67.3 Å². The molecular formula is C135H78N6O2S3. The van der Waals surface area contributed by atoms with E-state index in [1.807, 2.05) is 119 Å². The summed E-state index contributed by atoms with van der Waals surface area (Å²) < 4.78 is 20.5. The topological polar surface area (TPSA) is 104 Å². The lowest BCUT2D eigenvalue weighted by molar-refractivity contribution is 0.661. The van der Waals surface area contributed by atoms with Gasteiger partial charge in [0.25, 0.3) is 0 Å². The van der Waals surface area contributed by atoms with Crippen molar-refractivity contribution in [3.8, 4) is 78.7 Å². The van der Waals surface area contributed by atoms with E-state index < -0.39 is 0 Å². The van der Waals surface area contributed by atoms with E-state index >= 15 is 0 Å². The van der Waals surface area contributed by atoms with Crippen molar-refractivity contribution >= 4 is 268 Å². The van der Waals surface area contributed by atoms with E-state index in [2.05, 4.69) is 366 Å². The van der Waals surface area contributed by atoms with Gasteiger partial charge in [-0.1, -0.05) is 323 Å². The minimum atomic E-state index is -0.0315. The van der Waals surface area contributed by atoms with Crippen LogP contribution in [0.25, 0.3) is 313 Å². The van der Waals surface area contributed by atoms with E-state index in [1.54, 1.807) is 0 Å². The van der Waals surface area contributed by atoms with Crippen LogP contribution in [-0.2, 0) is 5.41 Å². The Morgan fingerprint density at radius 1 is 0.185 bits per heavy atom. The molecule has 8 nitrogen and oxygen atoms in total. The quantitative estimate of drug-likeness (QED) is 0.152. The fourth-order valence-corrected chi connectivity index (χ4v) is 27.2. The second-order valence-electron chi connectivity index (χ2n) is 39.2. The van der Waals surface area contributed by atoms with Crippen molar-refractivity contribution in [2.24, 2.45) is 0 Å². The number of hydrogen-bond donors (Lipinski definition) is 0. The second kappa shape index (κ2) is 32.0. The summed E-state index contributed by atoms with van der Waals surface area (Å²) in [4.78, 5) is 31.4. The third kappa shape index (κ3) is 12.8. The van der Waals surface area contributed by atoms with Crippen LogP contribution in [0, 0.1) is 0 Å². The SMILES string of the molecule is CC1(C)c2ccccc2-c2c1ccc1c2ccc2ccc3cc(-c4nc5ccccc5nc4-c4ccc5c(c4)oc4ccccc45)ccc3c21.c1ccc2nc(-c3ccc4c(c3)sc3ccccc34)c(-c3ccc4c(ccc5ccc6c(ccc7c8ccccc8oc76)c54)c3)nc2c1.c1ccc2nc(-c3ccc4c(c3)sc3ccccc34)c(-c3ccc4c(ccc5ccc6c(ccc7sc8ccccc8c76)c54)c3)nc2c1. The number of fused-ring (bicyclic) bond motifs is 39. The zero-order valence-electron chi connectivity index (χ0n) is 78.8. The van der Waals surface area contributed by atoms with Crippen LogP contribution in [0.1, 0.15) is 25.0 Å². The maximum absolute atomic E-state index is 6.42. The number of aromatic nitrogens is 6. The molecule has 32 aromatic rings. The minimum Gasteiger partial charge on any atom is -0.456 e. The Bertz CT molecular complexity index is 11400. The molecule has 0 saturated heterocycles. The van der Waals surface area contributed by atoms with Gasteiger partial charge in [0.1, 0.15) is 22.3 Å². The molecule has 0 amide bonds. The van der Waals surface area contributed by atoms with Gasteiger partial charge in [0.15, 0.2) is 0 Å². The highest BCUT2D eigenvalue weighted by Crippen LogP contribution is 2.54. The summed E-state index contributed by atoms with van der Waals surface area (Å²) >= 11 is 5.53. The van der Waals surface area contributed by atoms with Gasteiger partial charge in [-0.2, -0.15) is 0 Å². The Kier molecular flexibility index (Phi) is 18.1. The molecule has 0 bridgehead atoms. The van der Waals surface area contributed by atoms with Crippen LogP contribution in [0.3, 0.4) is 0 Å². The molecule has 0 saturated carbocycles. The Morgan fingerprint density at radius 2 is 0.486 bits per heavy atom. The van der Waals surface area contributed by atoms with Crippen LogP contribution in [0.2, 0.25) is 0 Å². The van der Waals surface area contributed by atoms with E-state index in [9.17, 15) is 0 Å². The molecule has 8 aromatic heterocycles. The van der Waals surface area contributed by atoms with Gasteiger partial charge in [0, 0.05) is 126 Å². The molecule has 24 aromatic carbocycles. The summed E-state index contributed by atoms with van der Waals surface area (Å²) in [6.45, 7) is 4.69. The van der Waals surface area contributed by atoms with Crippen LogP contribution in [0.5, 0.6) is 0 Å². The predicted octanol–water partition coefficient (Wildman–Crippen LogP) is 38.5. The second-order valence-corrected chi connectivity index (χ2v) is 42.4. The van der Waals surface area contributed by atoms with Gasteiger partial charge in [-0.25, -0.2) is 29.9 Å². The van der Waals surface area contributed by atoms with Crippen LogP contribution >= 0.6 is 34.0 Å². The monoisotopic (exact) mass is 1910 g/mol. The van der Waals surface area contributed by atoms with Crippen molar-refractivity contribution in [2.45, 2.75) is 19.3 Å². The Labute approximate surface area is 846 Å². The standard InChI is InChI=1S/C47H30N2O.C44H24N2OS.C44H24N2S2/c1-47(2)37-11-5-3-10-36(37)44-35-22-17-27-15-16-28-25-29(18-20-31(28)43(27)34(35)23-24-38(44)47)45-46(49-40-13-7-6-12-39(40)48-45)30-19-21-33-32-9-4-8-14-41(32)50-42(33)26-30;1-5-11-38-30(7-1)34-22-21-33-35(44(34)47-38)20-15-25-13-14-26-23-27(16-18-29(26)41(25)33)42-43(46-37-10-4-3-9-36(37)45-42)28-17-19-32-31-8-2-6-12-39(31)48-40(32)24-28;1-5-11-37-30(7-1)31-19-17-28(24-40(31)48-37)44-43(45-35-9-3-4-10-36(35)46-44)27-16-18-29-26(23-27)14-13-25-15-20-33-32(41(25)29)21-22-39-42(33)34-8-2-6-12-38(34)47-39/h3-26H,1-2H3;2*1-24H. The normalized spacial score (nSPS) is 12.6. The maximum Gasteiger partial charge on any atom is 0.143 e. The average Bonchev–Trinajstić information content (AvgIpc) is 1.50. The lowest BCUT2D eigenvalue weighted by atomic mass is 9.82. The van der Waals surface area contributed by atoms with E-state index in [1.165, 1.54) is 169 Å². The molecule has 0 fully saturated rings. The lowest BCUT2D eigenvalue weighted by Gasteiger charge is -2.21. The number of nitrogens with zero attached hydrogens (tertiary/aromatic N) is 6. The molecule has 146 heavy (non-hydrogen) atoms. The highest BCUT2D eigenvalue weighted by Gasteiger charge is 2.37. The van der Waals surface area contributed by atoms with Crippen molar-refractivity contribution < 1.29 is 8.83 Å². The summed E-state index contributed by atoms with van der Waals surface area (Å²) in [6, 6.07) is 157. The molecule has 0 unspecified atom stereocenters. The van der Waals surface area contributed by atoms with Crippen molar-refractivity contribution in [1.82, 2.24) is 29.9 Å². The van der Waals surface area contributed by atoms with Gasteiger partial charge in [-0.15, -0.1) is 34.0 Å². The molecule has 8 heterocycles. The van der Waals surface area contributed by atoms with Crippen LogP contribution in [0.4, 0.5) is 0 Å². The molecule has 0 radical (unpaired) electrons. The number of furan rings is 2. The maximum atomic E-state index is 6.42. The third-order valence-corrected chi connectivity index (χ3v) is 34.1. The third-order valence-electron chi connectivity index (χ3n) is 30.7. The first kappa shape index (κ1) is 82.6. The number of hydrogen-bond acceptors (Lipinski definition) is 11. The first-order valence-corrected chi connectivity index (χ1v) is 52.0. The molecule has 33 rings (SSSR count). The van der Waals surface area contributed by atoms with Gasteiger partial charge < -0.3 is 8.83 Å². The number of thiophene rings is 3. The molecule has 1 aliphatic rings. The zero-order valence-corrected chi connectivity index (χ0v) is 81.2. The van der Waals surface area contributed by atoms with Gasteiger partial charge in [-0.05, 0) is 241 Å². The van der Waals surface area contributed by atoms with E-state index in [4.69, 9.17) is 38.7 Å². The highest BCUT2D eigenvalue weighted by atomic mass is 32.1. The zero-order chi connectivity index (χ0) is 95.8. The molecule has 11 heteroatoms. The largest absolute Gasteiger partial charge is 0.456 e. The number of rotatable bonds is 6. The van der Waals surface area contributed by atoms with Crippen molar-refractivity contribution in [3.63, 3.8) is 0 Å². The van der Waals surface area contributed by atoms with Crippen LogP contribution in [0.15, 0.2) is 446 Å². The Morgan fingerprint density at radius 3 is 0.993 bits per heavy atom. The Balaban J connectivity index is 0.0000000995. The summed E-state index contributed by atoms with van der Waals surface area (Å²) in [5.74, 6) is 0. The summed E-state index contributed by atoms with van der Waals surface area (Å²) in [5.41, 5.74) is 26.0.